The van der Waals surface area contributed by atoms with Crippen LogP contribution in [0.15, 0.2) is 58.9 Å². The Morgan fingerprint density at radius 3 is 3.04 bits per heavy atom. The van der Waals surface area contributed by atoms with Crippen molar-refractivity contribution in [3.05, 3.63) is 59.9 Å². The Morgan fingerprint density at radius 1 is 1.30 bits per heavy atom. The summed E-state index contributed by atoms with van der Waals surface area (Å²) in [6.07, 6.45) is 3.35. The molecule has 0 unspecified atom stereocenters. The monoisotopic (exact) mass is 326 g/mol. The molecule has 1 aliphatic heterocycles. The fraction of sp³-hybridized carbons (Fsp3) is 0.125. The highest BCUT2D eigenvalue weighted by Crippen LogP contribution is 2.14. The summed E-state index contributed by atoms with van der Waals surface area (Å²) in [5.74, 6) is 1.08. The molecule has 1 amide bonds. The van der Waals surface area contributed by atoms with Crippen molar-refractivity contribution >= 4 is 29.1 Å². The van der Waals surface area contributed by atoms with Crippen molar-refractivity contribution in [3.63, 3.8) is 0 Å². The molecule has 0 saturated carbocycles. The molecule has 2 heterocycles. The quantitative estimate of drug-likeness (QED) is 0.675. The summed E-state index contributed by atoms with van der Waals surface area (Å²) in [4.78, 5) is 15.2. The van der Waals surface area contributed by atoms with Gasteiger partial charge in [-0.05, 0) is 29.8 Å². The van der Waals surface area contributed by atoms with E-state index < -0.39 is 0 Å². The second-order valence-corrected chi connectivity index (χ2v) is 5.63. The van der Waals surface area contributed by atoms with E-state index in [9.17, 15) is 4.79 Å². The summed E-state index contributed by atoms with van der Waals surface area (Å²) >= 11 is 1.34. The van der Waals surface area contributed by atoms with Crippen molar-refractivity contribution in [2.24, 2.45) is 10.2 Å². The molecule has 7 heteroatoms. The smallest absolute Gasteiger partial charge is 0.236 e. The van der Waals surface area contributed by atoms with Gasteiger partial charge in [0.15, 0.2) is 5.17 Å². The number of thioether (sulfide) groups is 1. The number of ether oxygens (including phenoxy) is 1. The molecule has 0 bridgehead atoms. The molecular formula is C16H14N4O2S. The molecule has 2 aromatic rings. The molecule has 116 valence electrons. The van der Waals surface area contributed by atoms with Crippen LogP contribution in [-0.2, 0) is 11.4 Å². The Bertz CT molecular complexity index is 747. The third kappa shape index (κ3) is 4.65. The lowest BCUT2D eigenvalue weighted by Gasteiger charge is -2.05. The molecular weight excluding hydrogens is 312 g/mol. The van der Waals surface area contributed by atoms with Crippen LogP contribution >= 0.6 is 11.8 Å². The number of benzene rings is 1. The lowest BCUT2D eigenvalue weighted by Crippen LogP contribution is -2.19. The maximum Gasteiger partial charge on any atom is 0.236 e. The summed E-state index contributed by atoms with van der Waals surface area (Å²) in [7, 11) is 0. The predicted molar refractivity (Wildman–Crippen MR) is 90.6 cm³/mol. The topological polar surface area (TPSA) is 75.9 Å². The van der Waals surface area contributed by atoms with Gasteiger partial charge < -0.3 is 10.1 Å². The SMILES string of the molecule is O=C1CSC(=NN=Cc2cccc(OCc3ccccn3)c2)N1. The first kappa shape index (κ1) is 15.2. The number of carbonyl (C=O) groups is 1. The average molecular weight is 326 g/mol. The number of nitrogens with zero attached hydrogens (tertiary/aromatic N) is 3. The van der Waals surface area contributed by atoms with Crippen molar-refractivity contribution in [1.29, 1.82) is 0 Å². The van der Waals surface area contributed by atoms with E-state index in [2.05, 4.69) is 20.5 Å². The first-order valence-electron chi connectivity index (χ1n) is 6.96. The molecule has 3 rings (SSSR count). The van der Waals surface area contributed by atoms with Crippen LogP contribution in [0.25, 0.3) is 0 Å². The van der Waals surface area contributed by atoms with E-state index in [-0.39, 0.29) is 5.91 Å². The van der Waals surface area contributed by atoms with Gasteiger partial charge in [0.1, 0.15) is 12.4 Å². The van der Waals surface area contributed by atoms with Gasteiger partial charge in [0.25, 0.3) is 0 Å². The van der Waals surface area contributed by atoms with E-state index >= 15 is 0 Å². The summed E-state index contributed by atoms with van der Waals surface area (Å²) < 4.78 is 5.71. The zero-order chi connectivity index (χ0) is 15.9. The van der Waals surface area contributed by atoms with Gasteiger partial charge in [0.05, 0.1) is 17.7 Å². The fourth-order valence-corrected chi connectivity index (χ4v) is 2.48. The summed E-state index contributed by atoms with van der Waals surface area (Å²) in [5.41, 5.74) is 1.73. The van der Waals surface area contributed by atoms with Gasteiger partial charge in [-0.1, -0.05) is 30.0 Å². The molecule has 23 heavy (non-hydrogen) atoms. The Morgan fingerprint density at radius 2 is 2.26 bits per heavy atom. The third-order valence-corrected chi connectivity index (χ3v) is 3.78. The van der Waals surface area contributed by atoms with Crippen LogP contribution in [0, 0.1) is 0 Å². The molecule has 1 saturated heterocycles. The molecule has 0 atom stereocenters. The van der Waals surface area contributed by atoms with E-state index in [1.54, 1.807) is 12.4 Å². The molecule has 1 aliphatic rings. The van der Waals surface area contributed by atoms with Crippen LogP contribution in [0.2, 0.25) is 0 Å². The van der Waals surface area contributed by atoms with Crippen LogP contribution in [0.4, 0.5) is 0 Å². The lowest BCUT2D eigenvalue weighted by atomic mass is 10.2. The van der Waals surface area contributed by atoms with Crippen LogP contribution in [0.5, 0.6) is 5.75 Å². The molecule has 1 aromatic heterocycles. The number of amidine groups is 1. The van der Waals surface area contributed by atoms with Gasteiger partial charge in [-0.15, -0.1) is 5.10 Å². The van der Waals surface area contributed by atoms with Gasteiger partial charge in [0.2, 0.25) is 5.91 Å². The lowest BCUT2D eigenvalue weighted by molar-refractivity contribution is -0.116. The van der Waals surface area contributed by atoms with Crippen LogP contribution in [-0.4, -0.2) is 28.0 Å². The normalized spacial score (nSPS) is 16.0. The molecule has 0 spiro atoms. The molecule has 0 aliphatic carbocycles. The molecule has 6 nitrogen and oxygen atoms in total. The maximum atomic E-state index is 11.0. The number of pyridine rings is 1. The second-order valence-electron chi connectivity index (χ2n) is 4.67. The van der Waals surface area contributed by atoms with Crippen molar-refractivity contribution < 1.29 is 9.53 Å². The largest absolute Gasteiger partial charge is 0.487 e. The number of carbonyl (C=O) groups excluding carboxylic acids is 1. The number of hydrogen-bond acceptors (Lipinski definition) is 6. The fourth-order valence-electron chi connectivity index (χ4n) is 1.85. The minimum absolute atomic E-state index is 0.0473. The Kier molecular flexibility index (Phi) is 5.00. The third-order valence-electron chi connectivity index (χ3n) is 2.91. The van der Waals surface area contributed by atoms with E-state index in [0.717, 1.165) is 17.0 Å². The molecule has 1 fully saturated rings. The van der Waals surface area contributed by atoms with Gasteiger partial charge in [-0.25, -0.2) is 0 Å². The van der Waals surface area contributed by atoms with E-state index in [1.807, 2.05) is 42.5 Å². The minimum atomic E-state index is -0.0473. The first-order chi connectivity index (χ1) is 11.3. The molecule has 1 N–H and O–H groups in total. The van der Waals surface area contributed by atoms with E-state index in [0.29, 0.717) is 17.5 Å². The predicted octanol–water partition coefficient (Wildman–Crippen LogP) is 2.21. The van der Waals surface area contributed by atoms with Crippen molar-refractivity contribution in [2.75, 3.05) is 5.75 Å². The van der Waals surface area contributed by atoms with Gasteiger partial charge >= 0.3 is 0 Å². The van der Waals surface area contributed by atoms with Crippen molar-refractivity contribution in [2.45, 2.75) is 6.61 Å². The summed E-state index contributed by atoms with van der Waals surface area (Å²) in [5, 5.41) is 11.1. The maximum absolute atomic E-state index is 11.0. The number of hydrogen-bond donors (Lipinski definition) is 1. The Balaban J connectivity index is 1.60. The van der Waals surface area contributed by atoms with Crippen molar-refractivity contribution in [1.82, 2.24) is 10.3 Å². The van der Waals surface area contributed by atoms with Gasteiger partial charge in [-0.2, -0.15) is 5.10 Å². The number of nitrogens with one attached hydrogen (secondary N) is 1. The Hall–Kier alpha value is -2.67. The van der Waals surface area contributed by atoms with Crippen LogP contribution in [0.3, 0.4) is 0 Å². The zero-order valence-electron chi connectivity index (χ0n) is 12.2. The van der Waals surface area contributed by atoms with E-state index in [1.165, 1.54) is 11.8 Å². The van der Waals surface area contributed by atoms with Crippen LogP contribution in [0.1, 0.15) is 11.3 Å². The van der Waals surface area contributed by atoms with Gasteiger partial charge in [-0.3, -0.25) is 9.78 Å². The van der Waals surface area contributed by atoms with E-state index in [4.69, 9.17) is 4.74 Å². The number of rotatable bonds is 5. The highest BCUT2D eigenvalue weighted by atomic mass is 32.2. The average Bonchev–Trinajstić information content (AvgIpc) is 3.00. The van der Waals surface area contributed by atoms with Crippen molar-refractivity contribution in [3.8, 4) is 5.75 Å². The van der Waals surface area contributed by atoms with Gasteiger partial charge in [0, 0.05) is 6.20 Å². The summed E-state index contributed by atoms with van der Waals surface area (Å²) in [6.45, 7) is 0.409. The number of amides is 1. The van der Waals surface area contributed by atoms with Crippen LogP contribution < -0.4 is 10.1 Å². The highest BCUT2D eigenvalue weighted by Gasteiger charge is 2.15. The standard InChI is InChI=1S/C16H14N4O2S/c21-15-11-23-16(19-15)20-18-9-12-4-3-6-14(8-12)22-10-13-5-1-2-7-17-13/h1-9H,10-11H2,(H,19,20,21). The zero-order valence-corrected chi connectivity index (χ0v) is 13.0. The second kappa shape index (κ2) is 7.55. The Labute approximate surface area is 137 Å². The molecule has 0 radical (unpaired) electrons. The first-order valence-corrected chi connectivity index (χ1v) is 7.94. The number of aromatic nitrogens is 1. The highest BCUT2D eigenvalue weighted by molar-refractivity contribution is 8.15. The minimum Gasteiger partial charge on any atom is -0.487 e. The summed E-state index contributed by atoms with van der Waals surface area (Å²) in [6, 6.07) is 13.2. The molecule has 1 aromatic carbocycles.